The number of halogens is 1. The number of piperidine rings is 2. The molecule has 2 aliphatic heterocycles. The second-order valence-corrected chi connectivity index (χ2v) is 11.0. The summed E-state index contributed by atoms with van der Waals surface area (Å²) >= 11 is 0. The van der Waals surface area contributed by atoms with Crippen LogP contribution in [0.3, 0.4) is 0 Å². The summed E-state index contributed by atoms with van der Waals surface area (Å²) in [5, 5.41) is 3.61. The maximum Gasteiger partial charge on any atom is 0.211 e. The van der Waals surface area contributed by atoms with Gasteiger partial charge in [0.25, 0.3) is 0 Å². The third-order valence-corrected chi connectivity index (χ3v) is 8.23. The van der Waals surface area contributed by atoms with Gasteiger partial charge >= 0.3 is 0 Å². The lowest BCUT2D eigenvalue weighted by Crippen LogP contribution is -2.51. The van der Waals surface area contributed by atoms with E-state index in [-0.39, 0.29) is 24.0 Å². The van der Waals surface area contributed by atoms with Crippen LogP contribution in [0.5, 0.6) is 0 Å². The van der Waals surface area contributed by atoms with Crippen molar-refractivity contribution in [3.8, 4) is 0 Å². The van der Waals surface area contributed by atoms with Crippen LogP contribution in [0.25, 0.3) is 0 Å². The number of guanidine groups is 1. The fourth-order valence-corrected chi connectivity index (χ4v) is 6.16. The molecule has 1 aliphatic carbocycles. The fourth-order valence-electron chi connectivity index (χ4n) is 5.29. The number of likely N-dealkylation sites (tertiary alicyclic amines) is 1. The Morgan fingerprint density at radius 3 is 2.21 bits per heavy atom. The molecule has 2 heterocycles. The van der Waals surface area contributed by atoms with Gasteiger partial charge in [0.15, 0.2) is 5.96 Å². The SMILES string of the molecule is CN=C(NCC1CCN(S(C)(=O)=O)CC1)N1CCCC2(CCCCCC2)C1.I. The van der Waals surface area contributed by atoms with E-state index in [9.17, 15) is 8.42 Å². The Kier molecular flexibility index (Phi) is 9.32. The summed E-state index contributed by atoms with van der Waals surface area (Å²) in [5.74, 6) is 1.57. The lowest BCUT2D eigenvalue weighted by molar-refractivity contribution is 0.115. The van der Waals surface area contributed by atoms with Crippen molar-refractivity contribution in [3.05, 3.63) is 0 Å². The van der Waals surface area contributed by atoms with Crippen LogP contribution in [0.4, 0.5) is 0 Å². The van der Waals surface area contributed by atoms with E-state index >= 15 is 0 Å². The topological polar surface area (TPSA) is 65.0 Å². The second kappa shape index (κ2) is 10.8. The average molecular weight is 527 g/mol. The molecule has 3 aliphatic rings. The van der Waals surface area contributed by atoms with Gasteiger partial charge in [-0.05, 0) is 49.9 Å². The van der Waals surface area contributed by atoms with Crippen molar-refractivity contribution in [2.45, 2.75) is 64.2 Å². The highest BCUT2D eigenvalue weighted by molar-refractivity contribution is 14.0. The van der Waals surface area contributed by atoms with Crippen molar-refractivity contribution < 1.29 is 8.42 Å². The first-order chi connectivity index (χ1) is 12.9. The molecule has 164 valence electrons. The summed E-state index contributed by atoms with van der Waals surface area (Å²) in [6, 6.07) is 0. The van der Waals surface area contributed by atoms with Crippen molar-refractivity contribution >= 4 is 40.0 Å². The predicted octanol–water partition coefficient (Wildman–Crippen LogP) is 3.29. The van der Waals surface area contributed by atoms with Crippen LogP contribution in [0.15, 0.2) is 4.99 Å². The molecule has 0 amide bonds. The van der Waals surface area contributed by atoms with E-state index in [0.29, 0.717) is 24.4 Å². The Morgan fingerprint density at radius 2 is 1.64 bits per heavy atom. The summed E-state index contributed by atoms with van der Waals surface area (Å²) in [5.41, 5.74) is 0.507. The van der Waals surface area contributed by atoms with Crippen LogP contribution in [-0.2, 0) is 10.0 Å². The highest BCUT2D eigenvalue weighted by Gasteiger charge is 2.36. The molecule has 0 aromatic heterocycles. The largest absolute Gasteiger partial charge is 0.356 e. The minimum Gasteiger partial charge on any atom is -0.356 e. The molecule has 1 saturated carbocycles. The van der Waals surface area contributed by atoms with E-state index in [1.807, 2.05) is 7.05 Å². The molecule has 0 aromatic rings. The van der Waals surface area contributed by atoms with Gasteiger partial charge in [0.1, 0.15) is 0 Å². The summed E-state index contributed by atoms with van der Waals surface area (Å²) in [6.45, 7) is 4.45. The number of hydrogen-bond donors (Lipinski definition) is 1. The Balaban J connectivity index is 0.00000280. The lowest BCUT2D eigenvalue weighted by Gasteiger charge is -2.44. The Labute approximate surface area is 189 Å². The van der Waals surface area contributed by atoms with Crippen molar-refractivity contribution in [3.63, 3.8) is 0 Å². The van der Waals surface area contributed by atoms with Crippen molar-refractivity contribution in [1.29, 1.82) is 0 Å². The molecule has 3 rings (SSSR count). The highest BCUT2D eigenvalue weighted by Crippen LogP contribution is 2.42. The molecular formula is C20H39IN4O2S. The molecule has 0 atom stereocenters. The van der Waals surface area contributed by atoms with Gasteiger partial charge in [0.05, 0.1) is 6.26 Å². The first-order valence-corrected chi connectivity index (χ1v) is 12.7. The molecule has 28 heavy (non-hydrogen) atoms. The second-order valence-electron chi connectivity index (χ2n) is 8.97. The standard InChI is InChI=1S/C20H38N4O2S.HI/c1-21-19(22-16-18-8-14-24(15-9-18)27(2,25)26)23-13-7-12-20(17-23)10-5-3-4-6-11-20;/h18H,3-17H2,1-2H3,(H,21,22);1H. The predicted molar refractivity (Wildman–Crippen MR) is 127 cm³/mol. The van der Waals surface area contributed by atoms with Gasteiger partial charge in [-0.2, -0.15) is 0 Å². The van der Waals surface area contributed by atoms with Gasteiger partial charge in [0.2, 0.25) is 10.0 Å². The third-order valence-electron chi connectivity index (χ3n) is 6.93. The Hall–Kier alpha value is -0.0900. The molecule has 2 saturated heterocycles. The summed E-state index contributed by atoms with van der Waals surface area (Å²) < 4.78 is 24.9. The number of sulfonamides is 1. The summed E-state index contributed by atoms with van der Waals surface area (Å²) in [7, 11) is -1.15. The quantitative estimate of drug-likeness (QED) is 0.348. The van der Waals surface area contributed by atoms with E-state index < -0.39 is 10.0 Å². The molecule has 0 aromatic carbocycles. The molecule has 0 bridgehead atoms. The van der Waals surface area contributed by atoms with Crippen LogP contribution in [0.2, 0.25) is 0 Å². The Morgan fingerprint density at radius 1 is 1.04 bits per heavy atom. The number of hydrogen-bond acceptors (Lipinski definition) is 3. The normalized spacial score (nSPS) is 25.2. The fraction of sp³-hybridized carbons (Fsp3) is 0.950. The van der Waals surface area contributed by atoms with E-state index in [1.165, 1.54) is 57.6 Å². The summed E-state index contributed by atoms with van der Waals surface area (Å²) in [6.07, 6.45) is 14.2. The van der Waals surface area contributed by atoms with E-state index in [1.54, 1.807) is 4.31 Å². The first kappa shape index (κ1) is 24.2. The number of nitrogens with one attached hydrogen (secondary N) is 1. The molecule has 0 unspecified atom stereocenters. The molecule has 0 radical (unpaired) electrons. The zero-order valence-electron chi connectivity index (χ0n) is 17.7. The maximum absolute atomic E-state index is 11.7. The van der Waals surface area contributed by atoms with E-state index in [2.05, 4.69) is 15.2 Å². The van der Waals surface area contributed by atoms with Crippen molar-refractivity contribution in [1.82, 2.24) is 14.5 Å². The van der Waals surface area contributed by atoms with Crippen LogP contribution in [0, 0.1) is 11.3 Å². The molecule has 1 spiro atoms. The average Bonchev–Trinajstić information content (AvgIpc) is 2.87. The molecule has 1 N–H and O–H groups in total. The summed E-state index contributed by atoms with van der Waals surface area (Å²) in [4.78, 5) is 7.06. The van der Waals surface area contributed by atoms with Gasteiger partial charge in [-0.1, -0.05) is 25.7 Å². The minimum atomic E-state index is -3.04. The van der Waals surface area contributed by atoms with Gasteiger partial charge in [0, 0.05) is 39.8 Å². The van der Waals surface area contributed by atoms with Gasteiger partial charge in [-0.15, -0.1) is 24.0 Å². The van der Waals surface area contributed by atoms with Crippen LogP contribution < -0.4 is 5.32 Å². The molecular weight excluding hydrogens is 487 g/mol. The first-order valence-electron chi connectivity index (χ1n) is 10.8. The van der Waals surface area contributed by atoms with E-state index in [4.69, 9.17) is 0 Å². The molecule has 8 heteroatoms. The smallest absolute Gasteiger partial charge is 0.211 e. The Bertz CT molecular complexity index is 610. The number of nitrogens with zero attached hydrogens (tertiary/aromatic N) is 3. The van der Waals surface area contributed by atoms with Crippen LogP contribution in [0.1, 0.15) is 64.2 Å². The highest BCUT2D eigenvalue weighted by atomic mass is 127. The zero-order valence-corrected chi connectivity index (χ0v) is 20.8. The van der Waals surface area contributed by atoms with Gasteiger partial charge in [-0.25, -0.2) is 12.7 Å². The van der Waals surface area contributed by atoms with E-state index in [0.717, 1.165) is 38.4 Å². The van der Waals surface area contributed by atoms with Gasteiger partial charge in [-0.3, -0.25) is 4.99 Å². The van der Waals surface area contributed by atoms with Crippen molar-refractivity contribution in [2.24, 2.45) is 16.3 Å². The molecule has 3 fully saturated rings. The lowest BCUT2D eigenvalue weighted by atomic mass is 9.74. The number of rotatable bonds is 3. The van der Waals surface area contributed by atoms with Crippen LogP contribution in [-0.4, -0.2) is 69.6 Å². The van der Waals surface area contributed by atoms with Crippen molar-refractivity contribution in [2.75, 3.05) is 46.0 Å². The van der Waals surface area contributed by atoms with Crippen LogP contribution >= 0.6 is 24.0 Å². The zero-order chi connectivity index (χ0) is 19.3. The van der Waals surface area contributed by atoms with Gasteiger partial charge < -0.3 is 10.2 Å². The third kappa shape index (κ3) is 6.45. The minimum absolute atomic E-state index is 0. The maximum atomic E-state index is 11.7. The monoisotopic (exact) mass is 526 g/mol. The number of aliphatic imine (C=N–C) groups is 1. The molecule has 6 nitrogen and oxygen atoms in total.